The Morgan fingerprint density at radius 2 is 1.89 bits per heavy atom. The molecule has 1 atom stereocenters. The molecule has 10 heteroatoms. The maximum absolute atomic E-state index is 14.9. The number of aromatic amines is 1. The molecule has 0 spiro atoms. The van der Waals surface area contributed by atoms with E-state index >= 15 is 0 Å². The van der Waals surface area contributed by atoms with E-state index in [-0.39, 0.29) is 17.5 Å². The Morgan fingerprint density at radius 3 is 2.57 bits per heavy atom. The van der Waals surface area contributed by atoms with Crippen molar-refractivity contribution >= 4 is 28.2 Å². The van der Waals surface area contributed by atoms with E-state index in [1.54, 1.807) is 43.8 Å². The fraction of sp³-hybridized carbons (Fsp3) is 0.185. The zero-order chi connectivity index (χ0) is 25.8. The molecule has 0 radical (unpaired) electrons. The van der Waals surface area contributed by atoms with Crippen LogP contribution in [0.25, 0.3) is 38.8 Å². The van der Waals surface area contributed by atoms with Gasteiger partial charge in [-0.2, -0.15) is 5.10 Å². The summed E-state index contributed by atoms with van der Waals surface area (Å²) in [4.78, 5) is 14.5. The number of hydrogen-bond donors (Lipinski definition) is 3. The average molecular weight is 519 g/mol. The number of H-pyrrole nitrogens is 1. The number of benzene rings is 3. The molecular weight excluding hydrogens is 495 g/mol. The number of rotatable bonds is 4. The summed E-state index contributed by atoms with van der Waals surface area (Å²) >= 11 is 6.53. The fourth-order valence-electron chi connectivity index (χ4n) is 5.01. The van der Waals surface area contributed by atoms with Crippen molar-refractivity contribution in [3.05, 3.63) is 82.4 Å². The highest BCUT2D eigenvalue weighted by molar-refractivity contribution is 6.32. The molecule has 8 nitrogen and oxygen atoms in total. The molecule has 3 heterocycles. The Labute approximate surface area is 216 Å². The van der Waals surface area contributed by atoms with Gasteiger partial charge < -0.3 is 20.3 Å². The van der Waals surface area contributed by atoms with Gasteiger partial charge in [0.25, 0.3) is 0 Å². The number of halogens is 2. The highest BCUT2D eigenvalue weighted by Crippen LogP contribution is 2.42. The first kappa shape index (κ1) is 23.3. The minimum atomic E-state index is -0.503. The van der Waals surface area contributed by atoms with Crippen LogP contribution in [0.3, 0.4) is 0 Å². The van der Waals surface area contributed by atoms with Crippen molar-refractivity contribution in [1.82, 2.24) is 19.3 Å². The van der Waals surface area contributed by atoms with Gasteiger partial charge in [-0.05, 0) is 53.9 Å². The summed E-state index contributed by atoms with van der Waals surface area (Å²) in [5.74, 6) is -0.582. The maximum Gasteiger partial charge on any atom is 0.332 e. The molecular formula is C27H24ClFN6O2. The highest BCUT2D eigenvalue weighted by atomic mass is 35.5. The molecule has 1 fully saturated rings. The third-order valence-electron chi connectivity index (χ3n) is 6.95. The zero-order valence-electron chi connectivity index (χ0n) is 19.9. The van der Waals surface area contributed by atoms with Crippen molar-refractivity contribution in [2.24, 2.45) is 12.8 Å². The minimum absolute atomic E-state index is 0.0787. The zero-order valence-corrected chi connectivity index (χ0v) is 20.7. The summed E-state index contributed by atoms with van der Waals surface area (Å²) in [7, 11) is 1.65. The number of aryl methyl sites for hydroxylation is 1. The van der Waals surface area contributed by atoms with Crippen LogP contribution in [0, 0.1) is 5.82 Å². The van der Waals surface area contributed by atoms with Crippen LogP contribution in [-0.2, 0) is 7.05 Å². The summed E-state index contributed by atoms with van der Waals surface area (Å²) in [5.41, 5.74) is 9.89. The number of aromatic nitrogens is 4. The Hall–Kier alpha value is -4.08. The van der Waals surface area contributed by atoms with Crippen LogP contribution in [0.1, 0.15) is 6.42 Å². The third-order valence-corrected chi connectivity index (χ3v) is 7.26. The van der Waals surface area contributed by atoms with Gasteiger partial charge in [-0.15, -0.1) is 0 Å². The van der Waals surface area contributed by atoms with Crippen LogP contribution < -0.4 is 16.3 Å². The summed E-state index contributed by atoms with van der Waals surface area (Å²) in [6.07, 6.45) is 5.90. The van der Waals surface area contributed by atoms with Crippen LogP contribution in [0.4, 0.5) is 10.1 Å². The second kappa shape index (κ2) is 8.79. The number of phenols is 1. The van der Waals surface area contributed by atoms with E-state index in [4.69, 9.17) is 17.3 Å². The molecule has 1 saturated heterocycles. The number of imidazole rings is 1. The lowest BCUT2D eigenvalue weighted by Gasteiger charge is -2.21. The maximum atomic E-state index is 14.9. The Balaban J connectivity index is 1.46. The molecule has 4 N–H and O–H groups in total. The molecule has 0 bridgehead atoms. The van der Waals surface area contributed by atoms with Gasteiger partial charge in [-0.3, -0.25) is 9.67 Å². The second-order valence-corrected chi connectivity index (χ2v) is 9.81. The lowest BCUT2D eigenvalue weighted by Crippen LogP contribution is -2.26. The van der Waals surface area contributed by atoms with Gasteiger partial charge in [0.05, 0.1) is 22.4 Å². The van der Waals surface area contributed by atoms with Gasteiger partial charge in [0.2, 0.25) is 0 Å². The number of hydrogen-bond acceptors (Lipinski definition) is 5. The summed E-state index contributed by atoms with van der Waals surface area (Å²) in [5, 5.41) is 19.7. The fourth-order valence-corrected chi connectivity index (χ4v) is 5.28. The van der Waals surface area contributed by atoms with Crippen molar-refractivity contribution in [1.29, 1.82) is 0 Å². The average Bonchev–Trinajstić information content (AvgIpc) is 3.61. The van der Waals surface area contributed by atoms with E-state index in [0.29, 0.717) is 39.5 Å². The van der Waals surface area contributed by atoms with Crippen LogP contribution >= 0.6 is 11.6 Å². The molecule has 1 aliphatic heterocycles. The number of nitrogens with two attached hydrogens (primary N) is 1. The topological polar surface area (TPSA) is 105 Å². The second-order valence-electron chi connectivity index (χ2n) is 9.40. The van der Waals surface area contributed by atoms with Crippen LogP contribution in [0.5, 0.6) is 5.75 Å². The molecule has 1 aliphatic rings. The Kier molecular flexibility index (Phi) is 5.54. The number of aromatic hydroxyl groups is 1. The van der Waals surface area contributed by atoms with Gasteiger partial charge in [-0.25, -0.2) is 9.18 Å². The number of fused-ring (bicyclic) bond motifs is 1. The molecule has 2 aromatic heterocycles. The number of phenolic OH excluding ortho intramolecular Hbond substituents is 1. The smallest absolute Gasteiger partial charge is 0.332 e. The van der Waals surface area contributed by atoms with E-state index in [9.17, 15) is 14.3 Å². The normalized spacial score (nSPS) is 15.7. The Morgan fingerprint density at radius 1 is 1.11 bits per heavy atom. The molecule has 188 valence electrons. The van der Waals surface area contributed by atoms with Crippen LogP contribution in [-0.4, -0.2) is 43.6 Å². The van der Waals surface area contributed by atoms with E-state index in [0.717, 1.165) is 29.6 Å². The SMILES string of the molecule is Cn1ccn(-c2ccc(-c3cc(F)cc(-c4cc(N5CC[C@H](N)C5)c5cn[nH]c5c4)c3O)cc2Cl)c1=O. The van der Waals surface area contributed by atoms with Crippen molar-refractivity contribution in [3.8, 4) is 33.7 Å². The molecule has 0 amide bonds. The standard InChI is InChI=1S/C27H24ClFN6O2/c1-33-6-7-35(27(33)37)24-3-2-15(8-22(24)28)19-11-17(29)12-20(26(19)36)16-9-23-21(13-31-32-23)25(10-16)34-5-4-18(30)14-34/h2-3,6-13,18,36H,4-5,14,30H2,1H3,(H,31,32)/t18-/m0/s1. The van der Waals surface area contributed by atoms with E-state index in [1.165, 1.54) is 21.3 Å². The van der Waals surface area contributed by atoms with E-state index < -0.39 is 5.82 Å². The van der Waals surface area contributed by atoms with Crippen molar-refractivity contribution in [3.63, 3.8) is 0 Å². The highest BCUT2D eigenvalue weighted by Gasteiger charge is 2.23. The van der Waals surface area contributed by atoms with Gasteiger partial charge in [0.15, 0.2) is 0 Å². The first-order valence-corrected chi connectivity index (χ1v) is 12.2. The van der Waals surface area contributed by atoms with Crippen molar-refractivity contribution < 1.29 is 9.50 Å². The monoisotopic (exact) mass is 518 g/mol. The van der Waals surface area contributed by atoms with Crippen molar-refractivity contribution in [2.45, 2.75) is 12.5 Å². The third kappa shape index (κ3) is 3.96. The molecule has 0 aliphatic carbocycles. The van der Waals surface area contributed by atoms with Crippen LogP contribution in [0.2, 0.25) is 5.02 Å². The van der Waals surface area contributed by atoms with Crippen molar-refractivity contribution in [2.75, 3.05) is 18.0 Å². The first-order valence-electron chi connectivity index (χ1n) is 11.8. The lowest BCUT2D eigenvalue weighted by atomic mass is 9.95. The van der Waals surface area contributed by atoms with Crippen LogP contribution in [0.15, 0.2) is 65.8 Å². The largest absolute Gasteiger partial charge is 0.507 e. The van der Waals surface area contributed by atoms with Gasteiger partial charge in [0, 0.05) is 60.8 Å². The minimum Gasteiger partial charge on any atom is -0.507 e. The molecule has 3 aromatic carbocycles. The molecule has 5 aromatic rings. The first-order chi connectivity index (χ1) is 17.8. The predicted molar refractivity (Wildman–Crippen MR) is 143 cm³/mol. The van der Waals surface area contributed by atoms with E-state index in [1.807, 2.05) is 12.1 Å². The lowest BCUT2D eigenvalue weighted by molar-refractivity contribution is 0.477. The van der Waals surface area contributed by atoms with Gasteiger partial charge in [-0.1, -0.05) is 17.7 Å². The molecule has 37 heavy (non-hydrogen) atoms. The number of nitrogens with zero attached hydrogens (tertiary/aromatic N) is 4. The summed E-state index contributed by atoms with van der Waals surface area (Å²) in [6.45, 7) is 1.51. The molecule has 0 unspecified atom stereocenters. The quantitative estimate of drug-likeness (QED) is 0.326. The molecule has 0 saturated carbocycles. The summed E-state index contributed by atoms with van der Waals surface area (Å²) < 4.78 is 17.8. The van der Waals surface area contributed by atoms with E-state index in [2.05, 4.69) is 15.1 Å². The number of anilines is 1. The predicted octanol–water partition coefficient (Wildman–Crippen LogP) is 4.42. The Bertz CT molecular complexity index is 1720. The number of nitrogens with one attached hydrogen (secondary N) is 1. The van der Waals surface area contributed by atoms with Gasteiger partial charge in [0.1, 0.15) is 11.6 Å². The van der Waals surface area contributed by atoms with Gasteiger partial charge >= 0.3 is 5.69 Å². The summed E-state index contributed by atoms with van der Waals surface area (Å²) in [6, 6.07) is 11.4. The molecule has 6 rings (SSSR count).